The fourth-order valence-electron chi connectivity index (χ4n) is 2.68. The quantitative estimate of drug-likeness (QED) is 0.294. The highest BCUT2D eigenvalue weighted by Crippen LogP contribution is 2.20. The van der Waals surface area contributed by atoms with Gasteiger partial charge in [-0.15, -0.1) is 0 Å². The van der Waals surface area contributed by atoms with Gasteiger partial charge in [0, 0.05) is 0 Å². The van der Waals surface area contributed by atoms with Crippen LogP contribution in [0.1, 0.15) is 104 Å². The minimum absolute atomic E-state index is 0.914. The first-order valence-electron chi connectivity index (χ1n) is 8.64. The predicted molar refractivity (Wildman–Crippen MR) is 84.8 cm³/mol. The first kappa shape index (κ1) is 18.0. The van der Waals surface area contributed by atoms with Crippen LogP contribution in [-0.4, -0.2) is 0 Å². The van der Waals surface area contributed by atoms with E-state index in [4.69, 9.17) is 0 Å². The second kappa shape index (κ2) is 15.1. The normalized spacial score (nSPS) is 12.8. The monoisotopic (exact) mass is 253 g/mol. The summed E-state index contributed by atoms with van der Waals surface area (Å²) in [6.45, 7) is 8.69. The van der Waals surface area contributed by atoms with E-state index in [1.54, 1.807) is 0 Å². The highest BCUT2D eigenvalue weighted by Gasteiger charge is 2.05. The summed E-state index contributed by atoms with van der Waals surface area (Å²) in [5, 5.41) is 0. The highest BCUT2D eigenvalue weighted by atomic mass is 14.1. The van der Waals surface area contributed by atoms with Crippen molar-refractivity contribution in [3.63, 3.8) is 0 Å². The van der Waals surface area contributed by atoms with E-state index < -0.39 is 0 Å². The summed E-state index contributed by atoms with van der Waals surface area (Å²) >= 11 is 0. The van der Waals surface area contributed by atoms with Crippen LogP contribution >= 0.6 is 0 Å². The topological polar surface area (TPSA) is 0 Å². The Morgan fingerprint density at radius 1 is 0.611 bits per heavy atom. The van der Waals surface area contributed by atoms with Crippen molar-refractivity contribution in [2.75, 3.05) is 0 Å². The zero-order chi connectivity index (χ0) is 13.5. The average Bonchev–Trinajstić information content (AvgIpc) is 2.40. The lowest BCUT2D eigenvalue weighted by Crippen LogP contribution is -1.99. The van der Waals surface area contributed by atoms with Gasteiger partial charge in [0.15, 0.2) is 0 Å². The molecule has 0 bridgehead atoms. The van der Waals surface area contributed by atoms with Gasteiger partial charge in [0.1, 0.15) is 0 Å². The van der Waals surface area contributed by atoms with Crippen LogP contribution in [0.5, 0.6) is 0 Å². The van der Waals surface area contributed by atoms with E-state index >= 15 is 0 Å². The summed E-state index contributed by atoms with van der Waals surface area (Å²) in [6.07, 6.45) is 19.7. The smallest absolute Gasteiger partial charge is 0.0414 e. The van der Waals surface area contributed by atoms with E-state index in [9.17, 15) is 0 Å². The van der Waals surface area contributed by atoms with E-state index in [0.717, 1.165) is 12.3 Å². The largest absolute Gasteiger partial charge is 0.0654 e. The molecule has 0 N–H and O–H groups in total. The Morgan fingerprint density at radius 3 is 1.50 bits per heavy atom. The fourth-order valence-corrected chi connectivity index (χ4v) is 2.68. The van der Waals surface area contributed by atoms with Gasteiger partial charge in [-0.25, -0.2) is 0 Å². The lowest BCUT2D eigenvalue weighted by Gasteiger charge is -2.14. The molecule has 0 saturated carbocycles. The zero-order valence-corrected chi connectivity index (χ0v) is 13.2. The van der Waals surface area contributed by atoms with Crippen LogP contribution in [0.3, 0.4) is 0 Å². The Hall–Kier alpha value is 0. The lowest BCUT2D eigenvalue weighted by atomic mass is 9.92. The van der Waals surface area contributed by atoms with Crippen LogP contribution in [-0.2, 0) is 0 Å². The maximum absolute atomic E-state index is 4.11. The predicted octanol–water partition coefficient (Wildman–Crippen LogP) is 6.94. The number of hydrogen-bond acceptors (Lipinski definition) is 0. The van der Waals surface area contributed by atoms with Gasteiger partial charge in [0.2, 0.25) is 0 Å². The molecule has 0 aromatic heterocycles. The molecule has 0 rings (SSSR count). The number of unbranched alkanes of at least 4 members (excludes halogenated alkanes) is 9. The van der Waals surface area contributed by atoms with E-state index in [2.05, 4.69) is 20.8 Å². The maximum Gasteiger partial charge on any atom is -0.0414 e. The van der Waals surface area contributed by atoms with Gasteiger partial charge in [-0.3, -0.25) is 0 Å². The highest BCUT2D eigenvalue weighted by molar-refractivity contribution is 4.61. The van der Waals surface area contributed by atoms with Crippen molar-refractivity contribution in [2.24, 2.45) is 5.92 Å². The second-order valence-corrected chi connectivity index (χ2v) is 5.91. The summed E-state index contributed by atoms with van der Waals surface area (Å²) < 4.78 is 0. The van der Waals surface area contributed by atoms with Crippen molar-refractivity contribution in [3.8, 4) is 0 Å². The molecule has 0 aromatic rings. The molecular weight excluding hydrogens is 216 g/mol. The fraction of sp³-hybridized carbons (Fsp3) is 0.944. The average molecular weight is 253 g/mol. The van der Waals surface area contributed by atoms with Crippen LogP contribution < -0.4 is 0 Å². The van der Waals surface area contributed by atoms with Crippen molar-refractivity contribution in [2.45, 2.75) is 104 Å². The third kappa shape index (κ3) is 12.5. The van der Waals surface area contributed by atoms with Crippen LogP contribution in [0.15, 0.2) is 0 Å². The molecule has 0 heterocycles. The van der Waals surface area contributed by atoms with Crippen molar-refractivity contribution in [3.05, 3.63) is 6.92 Å². The Morgan fingerprint density at radius 2 is 1.00 bits per heavy atom. The van der Waals surface area contributed by atoms with E-state index in [1.807, 2.05) is 0 Å². The molecule has 0 aliphatic carbocycles. The van der Waals surface area contributed by atoms with Gasteiger partial charge in [-0.2, -0.15) is 0 Å². The van der Waals surface area contributed by atoms with Gasteiger partial charge >= 0.3 is 0 Å². The molecule has 1 atom stereocenters. The maximum atomic E-state index is 4.11. The molecule has 0 heteroatoms. The molecule has 109 valence electrons. The van der Waals surface area contributed by atoms with E-state index in [0.29, 0.717) is 0 Å². The second-order valence-electron chi connectivity index (χ2n) is 5.91. The first-order valence-corrected chi connectivity index (χ1v) is 8.64. The van der Waals surface area contributed by atoms with Gasteiger partial charge in [-0.1, -0.05) is 111 Å². The van der Waals surface area contributed by atoms with Crippen LogP contribution in [0.4, 0.5) is 0 Å². The molecule has 0 amide bonds. The van der Waals surface area contributed by atoms with Crippen LogP contribution in [0.2, 0.25) is 0 Å². The minimum atomic E-state index is 0.914. The first-order chi connectivity index (χ1) is 8.85. The van der Waals surface area contributed by atoms with Gasteiger partial charge in [0.05, 0.1) is 0 Å². The van der Waals surface area contributed by atoms with Gasteiger partial charge < -0.3 is 0 Å². The van der Waals surface area contributed by atoms with Gasteiger partial charge in [0.25, 0.3) is 0 Å². The Labute approximate surface area is 117 Å². The molecule has 1 radical (unpaired) electrons. The molecule has 0 aliphatic rings. The van der Waals surface area contributed by atoms with Crippen molar-refractivity contribution < 1.29 is 0 Å². The Bertz CT molecular complexity index is 139. The summed E-state index contributed by atoms with van der Waals surface area (Å²) in [6, 6.07) is 0. The number of rotatable bonds is 14. The van der Waals surface area contributed by atoms with E-state index in [-0.39, 0.29) is 0 Å². The SMILES string of the molecule is [CH2]CC(CCCCC)CCCCCCCCCC. The van der Waals surface area contributed by atoms with Crippen LogP contribution in [0, 0.1) is 12.8 Å². The molecule has 18 heavy (non-hydrogen) atoms. The van der Waals surface area contributed by atoms with Crippen LogP contribution in [0.25, 0.3) is 0 Å². The molecule has 0 aromatic carbocycles. The summed E-state index contributed by atoms with van der Waals surface area (Å²) in [4.78, 5) is 0. The summed E-state index contributed by atoms with van der Waals surface area (Å²) in [7, 11) is 0. The van der Waals surface area contributed by atoms with Gasteiger partial charge in [-0.05, 0) is 5.92 Å². The molecule has 0 fully saturated rings. The third-order valence-electron chi connectivity index (χ3n) is 4.09. The zero-order valence-electron chi connectivity index (χ0n) is 13.2. The standard InChI is InChI=1S/C18H37/c1-4-7-9-10-11-12-13-15-17-18(6-3)16-14-8-5-2/h18H,3-17H2,1-2H3. The lowest BCUT2D eigenvalue weighted by molar-refractivity contribution is 0.408. The third-order valence-corrected chi connectivity index (χ3v) is 4.09. The van der Waals surface area contributed by atoms with Crippen molar-refractivity contribution in [1.82, 2.24) is 0 Å². The molecule has 0 aliphatic heterocycles. The van der Waals surface area contributed by atoms with E-state index in [1.165, 1.54) is 83.5 Å². The molecular formula is C18H37. The Balaban J connectivity index is 3.23. The van der Waals surface area contributed by atoms with Crippen molar-refractivity contribution in [1.29, 1.82) is 0 Å². The number of hydrogen-bond donors (Lipinski definition) is 0. The summed E-state index contributed by atoms with van der Waals surface area (Å²) in [5.74, 6) is 0.914. The molecule has 0 spiro atoms. The minimum Gasteiger partial charge on any atom is -0.0654 e. The Kier molecular flexibility index (Phi) is 15.1. The summed E-state index contributed by atoms with van der Waals surface area (Å²) in [5.41, 5.74) is 0. The molecule has 0 saturated heterocycles. The van der Waals surface area contributed by atoms with Crippen molar-refractivity contribution >= 4 is 0 Å². The molecule has 0 nitrogen and oxygen atoms in total. The molecule has 1 unspecified atom stereocenters.